The van der Waals surface area contributed by atoms with E-state index in [2.05, 4.69) is 18.8 Å². The molecule has 2 amide bonds. The van der Waals surface area contributed by atoms with Crippen LogP contribution in [-0.2, 0) is 0 Å². The van der Waals surface area contributed by atoms with Gasteiger partial charge >= 0.3 is 0 Å². The van der Waals surface area contributed by atoms with Gasteiger partial charge in [0.2, 0.25) is 0 Å². The van der Waals surface area contributed by atoms with Crippen LogP contribution in [0.25, 0.3) is 0 Å². The third-order valence-electron chi connectivity index (χ3n) is 5.49. The normalized spacial score (nSPS) is 24.2. The molecule has 2 aliphatic heterocycles. The number of hydrogen-bond donors (Lipinski definition) is 0. The summed E-state index contributed by atoms with van der Waals surface area (Å²) in [6.45, 7) is 6.66. The van der Waals surface area contributed by atoms with Gasteiger partial charge in [0.05, 0.1) is 0 Å². The quantitative estimate of drug-likeness (QED) is 0.845. The molecule has 0 bridgehead atoms. The highest BCUT2D eigenvalue weighted by Gasteiger charge is 2.28. The number of nitrogens with zero attached hydrogens (tertiary/aromatic N) is 3. The van der Waals surface area contributed by atoms with Crippen molar-refractivity contribution in [3.05, 3.63) is 29.6 Å². The van der Waals surface area contributed by atoms with Crippen molar-refractivity contribution in [3.63, 3.8) is 0 Å². The van der Waals surface area contributed by atoms with E-state index in [-0.39, 0.29) is 11.8 Å². The minimum atomic E-state index is -0.0492. The molecule has 2 unspecified atom stereocenters. The van der Waals surface area contributed by atoms with Crippen molar-refractivity contribution in [2.24, 2.45) is 5.92 Å². The van der Waals surface area contributed by atoms with E-state index >= 15 is 0 Å². The first-order chi connectivity index (χ1) is 12.1. The molecular weight excluding hydrogens is 314 g/mol. The fourth-order valence-electron chi connectivity index (χ4n) is 4.05. The Morgan fingerprint density at radius 3 is 2.56 bits per heavy atom. The highest BCUT2D eigenvalue weighted by molar-refractivity contribution is 5.96. The lowest BCUT2D eigenvalue weighted by Gasteiger charge is -2.35. The molecule has 2 aliphatic rings. The summed E-state index contributed by atoms with van der Waals surface area (Å²) in [5.41, 5.74) is 0.793. The molecular formula is C20H29N3O2. The van der Waals surface area contributed by atoms with Crippen LogP contribution in [0.1, 0.15) is 73.3 Å². The molecule has 1 aromatic rings. The Balaban J connectivity index is 1.76. The van der Waals surface area contributed by atoms with Crippen LogP contribution in [0.15, 0.2) is 18.2 Å². The third kappa shape index (κ3) is 4.02. The van der Waals surface area contributed by atoms with Gasteiger partial charge in [-0.1, -0.05) is 19.9 Å². The van der Waals surface area contributed by atoms with Crippen molar-refractivity contribution in [1.82, 2.24) is 14.8 Å². The molecule has 0 aromatic carbocycles. The molecule has 5 nitrogen and oxygen atoms in total. The Labute approximate surface area is 150 Å². The third-order valence-corrected chi connectivity index (χ3v) is 5.49. The Hall–Kier alpha value is -1.91. The Morgan fingerprint density at radius 1 is 1.08 bits per heavy atom. The highest BCUT2D eigenvalue weighted by atomic mass is 16.2. The van der Waals surface area contributed by atoms with Crippen LogP contribution in [0, 0.1) is 5.92 Å². The Kier molecular flexibility index (Phi) is 5.71. The van der Waals surface area contributed by atoms with Gasteiger partial charge in [-0.05, 0) is 56.6 Å². The molecule has 2 atom stereocenters. The number of aromatic nitrogens is 1. The van der Waals surface area contributed by atoms with Gasteiger partial charge in [0.1, 0.15) is 11.4 Å². The Bertz CT molecular complexity index is 631. The van der Waals surface area contributed by atoms with E-state index in [1.54, 1.807) is 18.2 Å². The first-order valence-corrected chi connectivity index (χ1v) is 9.67. The van der Waals surface area contributed by atoms with E-state index in [9.17, 15) is 9.59 Å². The molecule has 1 aromatic heterocycles. The van der Waals surface area contributed by atoms with Crippen LogP contribution in [0.2, 0.25) is 0 Å². The maximum atomic E-state index is 12.9. The fourth-order valence-corrected chi connectivity index (χ4v) is 4.05. The predicted octanol–water partition coefficient (Wildman–Crippen LogP) is 3.36. The average molecular weight is 343 g/mol. The van der Waals surface area contributed by atoms with Crippen LogP contribution in [0.4, 0.5) is 0 Å². The van der Waals surface area contributed by atoms with E-state index in [4.69, 9.17) is 0 Å². The molecule has 25 heavy (non-hydrogen) atoms. The van der Waals surface area contributed by atoms with Crippen molar-refractivity contribution in [2.45, 2.75) is 58.4 Å². The van der Waals surface area contributed by atoms with Crippen molar-refractivity contribution >= 4 is 11.8 Å². The summed E-state index contributed by atoms with van der Waals surface area (Å²) >= 11 is 0. The van der Waals surface area contributed by atoms with E-state index in [0.29, 0.717) is 23.3 Å². The number of amides is 2. The summed E-state index contributed by atoms with van der Waals surface area (Å²) in [6, 6.07) is 5.54. The van der Waals surface area contributed by atoms with E-state index in [0.717, 1.165) is 45.3 Å². The summed E-state index contributed by atoms with van der Waals surface area (Å²) in [6.07, 6.45) is 6.47. The lowest BCUT2D eigenvalue weighted by molar-refractivity contribution is 0.0601. The second kappa shape index (κ2) is 7.98. The molecule has 0 radical (unpaired) electrons. The van der Waals surface area contributed by atoms with Crippen LogP contribution in [-0.4, -0.2) is 52.3 Å². The zero-order chi connectivity index (χ0) is 17.8. The molecule has 136 valence electrons. The molecule has 0 saturated carbocycles. The highest BCUT2D eigenvalue weighted by Crippen LogP contribution is 2.22. The summed E-state index contributed by atoms with van der Waals surface area (Å²) < 4.78 is 0. The predicted molar refractivity (Wildman–Crippen MR) is 97.5 cm³/mol. The van der Waals surface area contributed by atoms with Crippen molar-refractivity contribution in [3.8, 4) is 0 Å². The molecule has 0 spiro atoms. The van der Waals surface area contributed by atoms with Gasteiger partial charge < -0.3 is 9.80 Å². The number of pyridine rings is 1. The summed E-state index contributed by atoms with van der Waals surface area (Å²) in [4.78, 5) is 33.9. The van der Waals surface area contributed by atoms with Gasteiger partial charge in [0.25, 0.3) is 11.8 Å². The Morgan fingerprint density at radius 2 is 1.84 bits per heavy atom. The minimum absolute atomic E-state index is 0.0341. The van der Waals surface area contributed by atoms with Crippen LogP contribution < -0.4 is 0 Å². The first-order valence-electron chi connectivity index (χ1n) is 9.67. The topological polar surface area (TPSA) is 53.5 Å². The van der Waals surface area contributed by atoms with Crippen molar-refractivity contribution in [1.29, 1.82) is 0 Å². The van der Waals surface area contributed by atoms with E-state index < -0.39 is 0 Å². The average Bonchev–Trinajstić information content (AvgIpc) is 2.67. The monoisotopic (exact) mass is 343 g/mol. The standard InChI is InChI=1S/C20H29N3O2/c1-3-16-9-4-5-13-23(16)20(25)18-11-6-10-17(21-18)19(24)22-12-7-8-15(2)14-22/h6,10-11,15-16H,3-5,7-9,12-14H2,1-2H3. The van der Waals surface area contributed by atoms with Gasteiger partial charge in [-0.3, -0.25) is 9.59 Å². The first kappa shape index (κ1) is 17.9. The zero-order valence-electron chi connectivity index (χ0n) is 15.4. The molecule has 5 heteroatoms. The smallest absolute Gasteiger partial charge is 0.272 e. The maximum absolute atomic E-state index is 12.9. The SMILES string of the molecule is CCC1CCCCN1C(=O)c1cccc(C(=O)N2CCCC(C)C2)n1. The van der Waals surface area contributed by atoms with Crippen molar-refractivity contribution in [2.75, 3.05) is 19.6 Å². The molecule has 0 N–H and O–H groups in total. The van der Waals surface area contributed by atoms with Crippen LogP contribution >= 0.6 is 0 Å². The molecule has 3 rings (SSSR count). The van der Waals surface area contributed by atoms with Crippen LogP contribution in [0.5, 0.6) is 0 Å². The van der Waals surface area contributed by atoms with Gasteiger partial charge in [-0.15, -0.1) is 0 Å². The molecule has 0 aliphatic carbocycles. The van der Waals surface area contributed by atoms with Gasteiger partial charge in [-0.2, -0.15) is 0 Å². The molecule has 2 saturated heterocycles. The van der Waals surface area contributed by atoms with Gasteiger partial charge in [-0.25, -0.2) is 4.98 Å². The summed E-state index contributed by atoms with van der Waals surface area (Å²) in [5, 5.41) is 0. The number of piperidine rings is 2. The van der Waals surface area contributed by atoms with E-state index in [1.165, 1.54) is 12.8 Å². The molecule has 3 heterocycles. The fraction of sp³-hybridized carbons (Fsp3) is 0.650. The largest absolute Gasteiger partial charge is 0.337 e. The maximum Gasteiger partial charge on any atom is 0.272 e. The number of rotatable bonds is 3. The summed E-state index contributed by atoms with van der Waals surface area (Å²) in [5.74, 6) is 0.446. The van der Waals surface area contributed by atoms with Crippen LogP contribution in [0.3, 0.4) is 0 Å². The minimum Gasteiger partial charge on any atom is -0.337 e. The number of likely N-dealkylation sites (tertiary alicyclic amines) is 2. The number of carbonyl (C=O) groups excluding carboxylic acids is 2. The van der Waals surface area contributed by atoms with Gasteiger partial charge in [0, 0.05) is 25.7 Å². The lowest BCUT2D eigenvalue weighted by Crippen LogP contribution is -2.44. The number of hydrogen-bond acceptors (Lipinski definition) is 3. The molecule has 2 fully saturated rings. The second-order valence-corrected chi connectivity index (χ2v) is 7.46. The number of carbonyl (C=O) groups is 2. The second-order valence-electron chi connectivity index (χ2n) is 7.46. The van der Waals surface area contributed by atoms with Gasteiger partial charge in [0.15, 0.2) is 0 Å². The van der Waals surface area contributed by atoms with Crippen molar-refractivity contribution < 1.29 is 9.59 Å². The summed E-state index contributed by atoms with van der Waals surface area (Å²) in [7, 11) is 0. The zero-order valence-corrected chi connectivity index (χ0v) is 15.4. The van der Waals surface area contributed by atoms with E-state index in [1.807, 2.05) is 9.80 Å². The lowest BCUT2D eigenvalue weighted by atomic mass is 9.99.